The molecule has 0 amide bonds. The maximum absolute atomic E-state index is 15.5. The Bertz CT molecular complexity index is 1620. The van der Waals surface area contributed by atoms with Crippen molar-refractivity contribution in [2.24, 2.45) is 11.7 Å². The number of methoxy groups -OCH3 is 1. The minimum absolute atomic E-state index is 0.0400. The summed E-state index contributed by atoms with van der Waals surface area (Å²) < 4.78 is 31.7. The molecule has 10 heteroatoms. The van der Waals surface area contributed by atoms with Gasteiger partial charge in [-0.15, -0.1) is 0 Å². The number of hydrogen-bond acceptors (Lipinski definition) is 9. The Morgan fingerprint density at radius 2 is 1.77 bits per heavy atom. The average molecular weight is 586 g/mol. The molecule has 0 radical (unpaired) electrons. The minimum atomic E-state index is -1.25. The molecule has 9 nitrogen and oxygen atoms in total. The number of benzene rings is 2. The summed E-state index contributed by atoms with van der Waals surface area (Å²) >= 11 is 0. The third-order valence-corrected chi connectivity index (χ3v) is 7.71. The van der Waals surface area contributed by atoms with E-state index in [-0.39, 0.29) is 42.3 Å². The molecule has 0 saturated heterocycles. The molecule has 3 atom stereocenters. The van der Waals surface area contributed by atoms with Crippen molar-refractivity contribution in [2.45, 2.75) is 32.1 Å². The van der Waals surface area contributed by atoms with E-state index >= 15 is 4.39 Å². The van der Waals surface area contributed by atoms with Gasteiger partial charge in [0.2, 0.25) is 0 Å². The average Bonchev–Trinajstić information content (AvgIpc) is 3.01. The summed E-state index contributed by atoms with van der Waals surface area (Å²) in [7, 11) is 1.52. The highest BCUT2D eigenvalue weighted by Gasteiger charge is 2.51. The second-order valence-corrected chi connectivity index (χ2v) is 10.1. The van der Waals surface area contributed by atoms with Gasteiger partial charge in [-0.25, -0.2) is 9.18 Å². The van der Waals surface area contributed by atoms with Gasteiger partial charge in [0.1, 0.15) is 23.3 Å². The molecule has 1 aliphatic heterocycles. The van der Waals surface area contributed by atoms with E-state index in [1.807, 2.05) is 0 Å². The van der Waals surface area contributed by atoms with Crippen molar-refractivity contribution in [1.29, 1.82) is 0 Å². The number of pyridine rings is 1. The molecule has 2 heterocycles. The summed E-state index contributed by atoms with van der Waals surface area (Å²) in [6.45, 7) is 3.42. The molecular weight excluding hydrogens is 553 g/mol. The second kappa shape index (κ2) is 12.5. The van der Waals surface area contributed by atoms with Gasteiger partial charge in [-0.05, 0) is 61.7 Å². The lowest BCUT2D eigenvalue weighted by Crippen LogP contribution is -2.46. The van der Waals surface area contributed by atoms with Crippen LogP contribution in [-0.2, 0) is 23.9 Å². The SMILES string of the molecule is CCOC(=O)C1=C(N)N(c2ccccc2F)C2=C(C(=O)[C@H](C(=O)OCC)[C@H](c3cccc(OC)c3)C2)[C@H]1c1cccnc1. The molecule has 222 valence electrons. The molecule has 0 bridgehead atoms. The van der Waals surface area contributed by atoms with E-state index in [1.165, 1.54) is 36.4 Å². The smallest absolute Gasteiger partial charge is 0.338 e. The van der Waals surface area contributed by atoms with Gasteiger partial charge in [0.25, 0.3) is 0 Å². The molecule has 2 aliphatic rings. The second-order valence-electron chi connectivity index (χ2n) is 10.1. The van der Waals surface area contributed by atoms with Crippen LogP contribution in [0.25, 0.3) is 0 Å². The third kappa shape index (κ3) is 5.36. The number of nitrogens with zero attached hydrogens (tertiary/aromatic N) is 2. The molecule has 0 unspecified atom stereocenters. The number of allylic oxidation sites excluding steroid dienone is 2. The first-order chi connectivity index (χ1) is 20.8. The monoisotopic (exact) mass is 585 g/mol. The number of esters is 2. The molecule has 2 N–H and O–H groups in total. The van der Waals surface area contributed by atoms with Crippen LogP contribution >= 0.6 is 0 Å². The van der Waals surface area contributed by atoms with Crippen molar-refractivity contribution in [1.82, 2.24) is 4.98 Å². The van der Waals surface area contributed by atoms with Crippen LogP contribution in [0.5, 0.6) is 5.75 Å². The lowest BCUT2D eigenvalue weighted by molar-refractivity contribution is -0.152. The number of carbonyl (C=O) groups excluding carboxylic acids is 3. The highest BCUT2D eigenvalue weighted by atomic mass is 19.1. The number of para-hydroxylation sites is 1. The van der Waals surface area contributed by atoms with Crippen LogP contribution in [0.15, 0.2) is 95.7 Å². The highest BCUT2D eigenvalue weighted by molar-refractivity contribution is 6.14. The van der Waals surface area contributed by atoms with Crippen LogP contribution in [0.1, 0.15) is 43.2 Å². The number of hydrogen-bond donors (Lipinski definition) is 1. The van der Waals surface area contributed by atoms with Crippen molar-refractivity contribution in [2.75, 3.05) is 25.2 Å². The van der Waals surface area contributed by atoms with E-state index in [0.717, 1.165) is 0 Å². The number of nitrogens with two attached hydrogens (primary N) is 1. The fourth-order valence-corrected chi connectivity index (χ4v) is 5.91. The van der Waals surface area contributed by atoms with E-state index in [2.05, 4.69) is 4.98 Å². The summed E-state index contributed by atoms with van der Waals surface area (Å²) in [5.74, 6) is -5.16. The zero-order valence-electron chi connectivity index (χ0n) is 24.1. The lowest BCUT2D eigenvalue weighted by atomic mass is 9.67. The molecule has 1 aliphatic carbocycles. The van der Waals surface area contributed by atoms with Crippen LogP contribution in [0.4, 0.5) is 10.1 Å². The maximum atomic E-state index is 15.5. The molecule has 43 heavy (non-hydrogen) atoms. The summed E-state index contributed by atoms with van der Waals surface area (Å²) in [5.41, 5.74) is 8.41. The highest BCUT2D eigenvalue weighted by Crippen LogP contribution is 2.52. The molecule has 5 rings (SSSR count). The van der Waals surface area contributed by atoms with Crippen LogP contribution < -0.4 is 15.4 Å². The number of carbonyl (C=O) groups is 3. The van der Waals surface area contributed by atoms with Gasteiger partial charge in [0.15, 0.2) is 5.78 Å². The number of rotatable bonds is 8. The van der Waals surface area contributed by atoms with E-state index in [1.54, 1.807) is 62.5 Å². The largest absolute Gasteiger partial charge is 0.497 e. The zero-order valence-corrected chi connectivity index (χ0v) is 24.1. The van der Waals surface area contributed by atoms with Gasteiger partial charge in [0.05, 0.1) is 37.5 Å². The number of ether oxygens (including phenoxy) is 3. The number of halogens is 1. The predicted octanol–water partition coefficient (Wildman–Crippen LogP) is 4.76. The quantitative estimate of drug-likeness (QED) is 0.295. The van der Waals surface area contributed by atoms with Gasteiger partial charge in [-0.2, -0.15) is 0 Å². The minimum Gasteiger partial charge on any atom is -0.497 e. The van der Waals surface area contributed by atoms with Crippen molar-refractivity contribution in [3.63, 3.8) is 0 Å². The lowest BCUT2D eigenvalue weighted by Gasteiger charge is -2.44. The fraction of sp³-hybridized carbons (Fsp3) is 0.273. The number of anilines is 1. The molecular formula is C33H32FN3O6. The van der Waals surface area contributed by atoms with Crippen molar-refractivity contribution >= 4 is 23.4 Å². The standard InChI is InChI=1S/C33H32FN3O6/c1-4-42-32(39)27-22(19-10-8-12-21(16-19)41-3)17-25-28(30(27)38)26(20-11-9-15-36-18-20)29(33(40)43-5-2)31(35)37(25)24-14-7-6-13-23(24)34/h6-16,18,22,26-27H,4-5,17,35H2,1-3H3/t22-,26+,27+/m0/s1. The number of aromatic nitrogens is 1. The van der Waals surface area contributed by atoms with Crippen LogP contribution in [0, 0.1) is 11.7 Å². The van der Waals surface area contributed by atoms with Crippen LogP contribution in [0.3, 0.4) is 0 Å². The van der Waals surface area contributed by atoms with Crippen LogP contribution in [0.2, 0.25) is 0 Å². The molecule has 2 aromatic carbocycles. The van der Waals surface area contributed by atoms with E-state index in [0.29, 0.717) is 22.6 Å². The molecule has 0 saturated carbocycles. The summed E-state index contributed by atoms with van der Waals surface area (Å²) in [5, 5.41) is 0. The fourth-order valence-electron chi connectivity index (χ4n) is 5.91. The Labute approximate surface area is 248 Å². The van der Waals surface area contributed by atoms with E-state index < -0.39 is 41.3 Å². The Morgan fingerprint density at radius 1 is 1.02 bits per heavy atom. The normalized spacial score (nSPS) is 20.0. The Balaban J connectivity index is 1.83. The van der Waals surface area contributed by atoms with Gasteiger partial charge in [0, 0.05) is 29.6 Å². The Hall–Kier alpha value is -4.99. The summed E-state index contributed by atoms with van der Waals surface area (Å²) in [6, 6.07) is 16.4. The number of ketones is 1. The van der Waals surface area contributed by atoms with Crippen molar-refractivity contribution in [3.05, 3.63) is 113 Å². The van der Waals surface area contributed by atoms with Crippen molar-refractivity contribution < 1.29 is 33.0 Å². The maximum Gasteiger partial charge on any atom is 0.338 e. The van der Waals surface area contributed by atoms with Crippen molar-refractivity contribution in [3.8, 4) is 5.75 Å². The zero-order chi connectivity index (χ0) is 30.7. The topological polar surface area (TPSA) is 121 Å². The van der Waals surface area contributed by atoms with Gasteiger partial charge < -0.3 is 19.9 Å². The molecule has 3 aromatic rings. The van der Waals surface area contributed by atoms with Gasteiger partial charge >= 0.3 is 11.9 Å². The van der Waals surface area contributed by atoms with E-state index in [4.69, 9.17) is 19.9 Å². The first-order valence-corrected chi connectivity index (χ1v) is 14.0. The third-order valence-electron chi connectivity index (χ3n) is 7.71. The Kier molecular flexibility index (Phi) is 8.56. The molecule has 1 aromatic heterocycles. The Morgan fingerprint density at radius 3 is 2.44 bits per heavy atom. The van der Waals surface area contributed by atoms with Crippen LogP contribution in [-0.4, -0.2) is 43.0 Å². The first kappa shape index (κ1) is 29.5. The molecule has 0 spiro atoms. The summed E-state index contributed by atoms with van der Waals surface area (Å²) in [4.78, 5) is 47.5. The van der Waals surface area contributed by atoms with E-state index in [9.17, 15) is 14.4 Å². The van der Waals surface area contributed by atoms with Gasteiger partial charge in [-0.3, -0.25) is 19.5 Å². The predicted molar refractivity (Wildman–Crippen MR) is 156 cm³/mol. The number of Topliss-reactive ketones (excluding diaryl/α,β-unsaturated/α-hetero) is 1. The van der Waals surface area contributed by atoms with Gasteiger partial charge in [-0.1, -0.05) is 30.3 Å². The first-order valence-electron chi connectivity index (χ1n) is 14.0. The molecule has 0 fully saturated rings. The summed E-state index contributed by atoms with van der Waals surface area (Å²) in [6.07, 6.45) is 3.19.